The molecule has 2 heterocycles. The van der Waals surface area contributed by atoms with Crippen LogP contribution in [0.15, 0.2) is 34.7 Å². The fourth-order valence-electron chi connectivity index (χ4n) is 3.64. The molecule has 3 rings (SSSR count). The third-order valence-electron chi connectivity index (χ3n) is 5.13. The van der Waals surface area contributed by atoms with Gasteiger partial charge in [0.25, 0.3) is 5.91 Å². The van der Waals surface area contributed by atoms with Crippen LogP contribution in [-0.2, 0) is 4.79 Å². The van der Waals surface area contributed by atoms with Crippen LogP contribution >= 0.6 is 0 Å². The van der Waals surface area contributed by atoms with Gasteiger partial charge in [0.15, 0.2) is 0 Å². The van der Waals surface area contributed by atoms with Crippen LogP contribution in [0.3, 0.4) is 0 Å². The Morgan fingerprint density at radius 3 is 2.12 bits per heavy atom. The van der Waals surface area contributed by atoms with Gasteiger partial charge in [-0.1, -0.05) is 30.3 Å². The Morgan fingerprint density at radius 1 is 1.00 bits per heavy atom. The first-order chi connectivity index (χ1) is 12.4. The van der Waals surface area contributed by atoms with Gasteiger partial charge in [-0.05, 0) is 26.3 Å². The maximum absolute atomic E-state index is 12.9. The second-order valence-electron chi connectivity index (χ2n) is 6.76. The number of piperazine rings is 1. The summed E-state index contributed by atoms with van der Waals surface area (Å²) in [7, 11) is 0. The summed E-state index contributed by atoms with van der Waals surface area (Å²) in [5.41, 5.74) is 8.10. The number of amides is 2. The van der Waals surface area contributed by atoms with E-state index in [4.69, 9.17) is 10.2 Å². The molecular weight excluding hydrogens is 330 g/mol. The minimum absolute atomic E-state index is 0.00756. The van der Waals surface area contributed by atoms with Crippen LogP contribution in [0, 0.1) is 20.8 Å². The van der Waals surface area contributed by atoms with Gasteiger partial charge in [0.05, 0.1) is 5.56 Å². The van der Waals surface area contributed by atoms with E-state index in [2.05, 4.69) is 0 Å². The van der Waals surface area contributed by atoms with E-state index in [0.717, 1.165) is 16.9 Å². The summed E-state index contributed by atoms with van der Waals surface area (Å²) < 4.78 is 5.59. The molecule has 6 heteroatoms. The number of nitrogens with zero attached hydrogens (tertiary/aromatic N) is 2. The van der Waals surface area contributed by atoms with E-state index < -0.39 is 6.04 Å². The van der Waals surface area contributed by atoms with Crippen LogP contribution < -0.4 is 5.73 Å². The predicted molar refractivity (Wildman–Crippen MR) is 98.8 cm³/mol. The molecular formula is C20H25N3O3. The summed E-state index contributed by atoms with van der Waals surface area (Å²) in [6.45, 7) is 7.91. The maximum atomic E-state index is 12.9. The van der Waals surface area contributed by atoms with Gasteiger partial charge in [-0.25, -0.2) is 0 Å². The molecule has 0 unspecified atom stereocenters. The zero-order valence-electron chi connectivity index (χ0n) is 15.5. The van der Waals surface area contributed by atoms with Crippen LogP contribution in [-0.4, -0.2) is 47.8 Å². The first-order valence-corrected chi connectivity index (χ1v) is 8.84. The topological polar surface area (TPSA) is 79.8 Å². The highest BCUT2D eigenvalue weighted by atomic mass is 16.3. The molecule has 2 amide bonds. The van der Waals surface area contributed by atoms with Gasteiger partial charge in [-0.2, -0.15) is 0 Å². The fraction of sp³-hybridized carbons (Fsp3) is 0.400. The van der Waals surface area contributed by atoms with Crippen molar-refractivity contribution < 1.29 is 14.0 Å². The minimum atomic E-state index is -0.465. The fourth-order valence-corrected chi connectivity index (χ4v) is 3.64. The molecule has 0 radical (unpaired) electrons. The smallest absolute Gasteiger partial charge is 0.257 e. The summed E-state index contributed by atoms with van der Waals surface area (Å²) in [6, 6.07) is 9.07. The zero-order valence-corrected chi connectivity index (χ0v) is 15.5. The van der Waals surface area contributed by atoms with Crippen molar-refractivity contribution in [1.29, 1.82) is 0 Å². The Balaban J connectivity index is 1.72. The average molecular weight is 355 g/mol. The number of carbonyl (C=O) groups excluding carboxylic acids is 2. The molecule has 0 saturated carbocycles. The highest BCUT2D eigenvalue weighted by molar-refractivity contribution is 5.97. The molecule has 0 spiro atoms. The van der Waals surface area contributed by atoms with Crippen molar-refractivity contribution in [2.75, 3.05) is 26.2 Å². The van der Waals surface area contributed by atoms with Gasteiger partial charge in [0.1, 0.15) is 17.6 Å². The Morgan fingerprint density at radius 2 is 1.62 bits per heavy atom. The van der Waals surface area contributed by atoms with Gasteiger partial charge in [0.2, 0.25) is 5.91 Å². The molecule has 2 aromatic rings. The van der Waals surface area contributed by atoms with Crippen LogP contribution in [0.25, 0.3) is 0 Å². The second kappa shape index (κ2) is 7.33. The molecule has 1 atom stereocenters. The Bertz CT molecular complexity index is 805. The van der Waals surface area contributed by atoms with Crippen LogP contribution in [0.2, 0.25) is 0 Å². The summed E-state index contributed by atoms with van der Waals surface area (Å²) in [4.78, 5) is 28.8. The third-order valence-corrected chi connectivity index (χ3v) is 5.13. The van der Waals surface area contributed by atoms with Crippen molar-refractivity contribution in [1.82, 2.24) is 9.80 Å². The highest BCUT2D eigenvalue weighted by Gasteiger charge is 2.32. The molecule has 1 aliphatic rings. The predicted octanol–water partition coefficient (Wildman–Crippen LogP) is 2.19. The monoisotopic (exact) mass is 355 g/mol. The summed E-state index contributed by atoms with van der Waals surface area (Å²) >= 11 is 0. The number of aryl methyl sites for hydroxylation is 2. The number of hydrogen-bond acceptors (Lipinski definition) is 4. The molecule has 1 fully saturated rings. The van der Waals surface area contributed by atoms with Crippen molar-refractivity contribution in [3.63, 3.8) is 0 Å². The lowest BCUT2D eigenvalue weighted by Crippen LogP contribution is -2.52. The normalized spacial score (nSPS) is 16.5. The standard InChI is InChI=1S/C20H25N3O3/c1-13-14(2)26-15(3)17(13)20(25)23-11-9-22(10-12-23)18(19(21)24)16-7-5-4-6-8-16/h4-8,18H,9-12H2,1-3H3,(H2,21,24)/t18-/m0/s1. The lowest BCUT2D eigenvalue weighted by Gasteiger charge is -2.38. The van der Waals surface area contributed by atoms with Crippen molar-refractivity contribution in [3.8, 4) is 0 Å². The second-order valence-corrected chi connectivity index (χ2v) is 6.76. The SMILES string of the molecule is Cc1oc(C)c(C(=O)N2CCN([C@H](C(N)=O)c3ccccc3)CC2)c1C. The summed E-state index contributed by atoms with van der Waals surface area (Å²) in [5, 5.41) is 0. The van der Waals surface area contributed by atoms with Crippen molar-refractivity contribution >= 4 is 11.8 Å². The molecule has 6 nitrogen and oxygen atoms in total. The Kier molecular flexibility index (Phi) is 5.13. The van der Waals surface area contributed by atoms with E-state index >= 15 is 0 Å². The average Bonchev–Trinajstić information content (AvgIpc) is 2.88. The Hall–Kier alpha value is -2.60. The molecule has 1 aromatic heterocycles. The number of rotatable bonds is 4. The van der Waals surface area contributed by atoms with Crippen LogP contribution in [0.5, 0.6) is 0 Å². The zero-order chi connectivity index (χ0) is 18.8. The number of nitrogens with two attached hydrogens (primary N) is 1. The van der Waals surface area contributed by atoms with Crippen LogP contribution in [0.1, 0.15) is 39.0 Å². The van der Waals surface area contributed by atoms with Gasteiger partial charge >= 0.3 is 0 Å². The number of hydrogen-bond donors (Lipinski definition) is 1. The first kappa shape index (κ1) is 18.2. The molecule has 2 N–H and O–H groups in total. The van der Waals surface area contributed by atoms with E-state index in [-0.39, 0.29) is 11.8 Å². The van der Waals surface area contributed by atoms with Gasteiger partial charge in [-0.3, -0.25) is 14.5 Å². The van der Waals surface area contributed by atoms with Crippen LogP contribution in [0.4, 0.5) is 0 Å². The molecule has 1 aliphatic heterocycles. The van der Waals surface area contributed by atoms with Crippen molar-refractivity contribution in [3.05, 3.63) is 58.5 Å². The van der Waals surface area contributed by atoms with E-state index in [0.29, 0.717) is 37.5 Å². The minimum Gasteiger partial charge on any atom is -0.466 e. The van der Waals surface area contributed by atoms with Gasteiger partial charge in [0, 0.05) is 31.7 Å². The van der Waals surface area contributed by atoms with Gasteiger partial charge < -0.3 is 15.1 Å². The van der Waals surface area contributed by atoms with E-state index in [1.54, 1.807) is 0 Å². The number of furan rings is 1. The number of benzene rings is 1. The molecule has 26 heavy (non-hydrogen) atoms. The highest BCUT2D eigenvalue weighted by Crippen LogP contribution is 2.25. The number of primary amides is 1. The van der Waals surface area contributed by atoms with Crippen molar-refractivity contribution in [2.45, 2.75) is 26.8 Å². The first-order valence-electron chi connectivity index (χ1n) is 8.84. The molecule has 1 saturated heterocycles. The van der Waals surface area contributed by atoms with Crippen molar-refractivity contribution in [2.24, 2.45) is 5.73 Å². The largest absolute Gasteiger partial charge is 0.466 e. The lowest BCUT2D eigenvalue weighted by atomic mass is 10.0. The van der Waals surface area contributed by atoms with E-state index in [9.17, 15) is 9.59 Å². The summed E-state index contributed by atoms with van der Waals surface area (Å²) in [5.74, 6) is 1.06. The Labute approximate surface area is 153 Å². The molecule has 1 aromatic carbocycles. The summed E-state index contributed by atoms with van der Waals surface area (Å²) in [6.07, 6.45) is 0. The molecule has 138 valence electrons. The maximum Gasteiger partial charge on any atom is 0.257 e. The van der Waals surface area contributed by atoms with E-state index in [1.165, 1.54) is 0 Å². The quantitative estimate of drug-likeness (QED) is 0.912. The van der Waals surface area contributed by atoms with E-state index in [1.807, 2.05) is 60.9 Å². The lowest BCUT2D eigenvalue weighted by molar-refractivity contribution is -0.124. The third kappa shape index (κ3) is 3.37. The van der Waals surface area contributed by atoms with Gasteiger partial charge in [-0.15, -0.1) is 0 Å². The molecule has 0 bridgehead atoms. The molecule has 0 aliphatic carbocycles. The number of carbonyl (C=O) groups is 2.